The van der Waals surface area contributed by atoms with Crippen LogP contribution in [0.4, 0.5) is 10.5 Å². The van der Waals surface area contributed by atoms with Gasteiger partial charge in [0.25, 0.3) is 11.8 Å². The molecule has 2 aromatic rings. The van der Waals surface area contributed by atoms with Gasteiger partial charge in [0, 0.05) is 91.0 Å². The Hall–Kier alpha value is -9.79. The Balaban J connectivity index is 1.15. The first-order valence-electron chi connectivity index (χ1n) is 45.2. The topological polar surface area (TPSA) is 593 Å². The number of primary amides is 1. The van der Waals surface area contributed by atoms with Crippen LogP contribution in [-0.4, -0.2) is 323 Å². The minimum Gasteiger partial charge on any atom is -0.464 e. The maximum Gasteiger partial charge on any atom is 0.473 e. The van der Waals surface area contributed by atoms with E-state index in [2.05, 4.69) is 53.2 Å². The van der Waals surface area contributed by atoms with Crippen molar-refractivity contribution in [2.24, 2.45) is 35.3 Å². The molecule has 0 saturated carbocycles. The minimum atomic E-state index is -5.01. The summed E-state index contributed by atoms with van der Waals surface area (Å²) >= 11 is 0. The Morgan fingerprint density at radius 1 is 0.612 bits per heavy atom. The summed E-state index contributed by atoms with van der Waals surface area (Å²) in [6.45, 7) is 17.8. The van der Waals surface area contributed by atoms with Crippen molar-refractivity contribution < 1.29 is 138 Å². The molecule has 44 nitrogen and oxygen atoms in total. The van der Waals surface area contributed by atoms with Crippen LogP contribution in [0.15, 0.2) is 66.7 Å². The molecular formula is C88H141N15O29P2. The average molecular weight is 1940 g/mol. The number of amides is 15. The number of phosphoric acid groups is 1. The smallest absolute Gasteiger partial charge is 0.464 e. The second kappa shape index (κ2) is 57.9. The zero-order valence-corrected chi connectivity index (χ0v) is 81.1. The van der Waals surface area contributed by atoms with E-state index in [1.807, 2.05) is 60.5 Å². The molecule has 0 radical (unpaired) electrons. The molecule has 5 rings (SSSR count). The Bertz CT molecular complexity index is 4290. The number of benzene rings is 2. The predicted molar refractivity (Wildman–Crippen MR) is 487 cm³/mol. The van der Waals surface area contributed by atoms with Crippen molar-refractivity contribution in [1.82, 2.24) is 67.5 Å². The molecule has 0 aliphatic carbocycles. The number of esters is 1. The fourth-order valence-electron chi connectivity index (χ4n) is 15.6. The molecule has 752 valence electrons. The lowest BCUT2D eigenvalue weighted by Gasteiger charge is -2.41. The summed E-state index contributed by atoms with van der Waals surface area (Å²) in [5.41, 5.74) is 6.24. The van der Waals surface area contributed by atoms with Crippen molar-refractivity contribution in [2.75, 3.05) is 132 Å². The Labute approximate surface area is 782 Å². The van der Waals surface area contributed by atoms with Crippen LogP contribution in [0.25, 0.3) is 0 Å². The Kier molecular flexibility index (Phi) is 49.6. The lowest BCUT2D eigenvalue weighted by molar-refractivity contribution is -0.148. The van der Waals surface area contributed by atoms with E-state index in [9.17, 15) is 85.9 Å². The van der Waals surface area contributed by atoms with Crippen LogP contribution in [-0.2, 0) is 125 Å². The number of methoxy groups -OCH3 is 2. The molecular weight excluding hydrogens is 1790 g/mol. The molecule has 3 aliphatic heterocycles. The number of hydrogen-bond acceptors (Lipinski definition) is 27. The first-order chi connectivity index (χ1) is 63.3. The van der Waals surface area contributed by atoms with E-state index in [4.69, 9.17) is 57.7 Å². The molecule has 0 aromatic heterocycles. The van der Waals surface area contributed by atoms with Gasteiger partial charge >= 0.3 is 27.4 Å². The van der Waals surface area contributed by atoms with Crippen LogP contribution in [0.5, 0.6) is 0 Å². The van der Waals surface area contributed by atoms with Crippen LogP contribution in [0.1, 0.15) is 157 Å². The van der Waals surface area contributed by atoms with Crippen LogP contribution < -0.4 is 58.9 Å². The second-order valence-corrected chi connectivity index (χ2v) is 37.6. The maximum atomic E-state index is 14.7. The Morgan fingerprint density at radius 2 is 1.22 bits per heavy atom. The van der Waals surface area contributed by atoms with Crippen molar-refractivity contribution >= 4 is 110 Å². The summed E-state index contributed by atoms with van der Waals surface area (Å²) in [6.07, 6.45) is -1.39. The predicted octanol–water partition coefficient (Wildman–Crippen LogP) is 1.47. The number of hydrogen-bond donors (Lipinski definition) is 14. The van der Waals surface area contributed by atoms with Crippen LogP contribution in [0.2, 0.25) is 0 Å². The Morgan fingerprint density at radius 3 is 1.78 bits per heavy atom. The monoisotopic (exact) mass is 1930 g/mol. The van der Waals surface area contributed by atoms with E-state index in [1.165, 1.54) is 38.5 Å². The van der Waals surface area contributed by atoms with Gasteiger partial charge < -0.3 is 117 Å². The molecule has 0 bridgehead atoms. The molecule has 2 fully saturated rings. The van der Waals surface area contributed by atoms with Crippen molar-refractivity contribution in [3.8, 4) is 0 Å². The second-order valence-electron chi connectivity index (χ2n) is 34.4. The minimum absolute atomic E-state index is 0.0121. The number of nitrogens with one attached hydrogen (secondary N) is 10. The fourth-order valence-corrected chi connectivity index (χ4v) is 17.0. The highest BCUT2D eigenvalue weighted by Crippen LogP contribution is 2.50. The van der Waals surface area contributed by atoms with Gasteiger partial charge in [0.15, 0.2) is 0 Å². The molecule has 2 saturated heterocycles. The number of carbonyl (C=O) groups is 15. The number of nitrogens with two attached hydrogens (primary N) is 1. The number of phosphoric ester groups is 1. The summed E-state index contributed by atoms with van der Waals surface area (Å²) in [6, 6.07) is 3.39. The van der Waals surface area contributed by atoms with Gasteiger partial charge in [-0.05, 0) is 100 Å². The van der Waals surface area contributed by atoms with Crippen molar-refractivity contribution in [2.45, 2.75) is 225 Å². The van der Waals surface area contributed by atoms with E-state index in [0.717, 1.165) is 12.2 Å². The molecule has 46 heteroatoms. The largest absolute Gasteiger partial charge is 0.473 e. The summed E-state index contributed by atoms with van der Waals surface area (Å²) in [5, 5.41) is 26.4. The molecule has 15 amide bonds. The summed E-state index contributed by atoms with van der Waals surface area (Å²) in [5.74, 6) is -11.1. The third kappa shape index (κ3) is 38.8. The van der Waals surface area contributed by atoms with Gasteiger partial charge in [0.2, 0.25) is 65.0 Å². The normalized spacial score (nSPS) is 17.9. The third-order valence-corrected chi connectivity index (χ3v) is 24.7. The molecule has 3 aliphatic rings. The number of ether oxygens (including phenoxy) is 7. The van der Waals surface area contributed by atoms with Crippen LogP contribution in [0, 0.1) is 29.6 Å². The van der Waals surface area contributed by atoms with Crippen molar-refractivity contribution in [1.29, 1.82) is 0 Å². The molecule has 1 unspecified atom stereocenters. The highest BCUT2D eigenvalue weighted by molar-refractivity contribution is 7.51. The molecule has 2 aromatic carbocycles. The molecule has 3 heterocycles. The zero-order chi connectivity index (χ0) is 99.7. The van der Waals surface area contributed by atoms with Crippen LogP contribution >= 0.6 is 15.4 Å². The SMILES string of the molecule is CC[C@H](C)[C@@H]([C@@H](CC(=O)N1CCC[C@H]1[C@H](OC)[C@@H](C)C(=O)N[C@H](C)[C@@H](OP(=O)(O)OCc1ccc(NC(=O)[C@H](CCCNC(N)=O)NC(=O)[C@@H](NC(=O)[C@H](CCC(=O)N[C@H]2CCOC2=O)NC(=O)CCOCCOCCOCCOCCNC(=O)[C@H](CNC(=O)CCP(=O)(O)O)N2C(=O)C=CC2=O)C(C)C)cc1)c1ccccc1)OC)N(C)C(=O)[C@@H](NC(=O)[C@H](C(C)C)N(C)C)C(C)C. The first kappa shape index (κ1) is 115. The lowest BCUT2D eigenvalue weighted by atomic mass is 9.89. The summed E-state index contributed by atoms with van der Waals surface area (Å²) in [4.78, 5) is 236. The maximum absolute atomic E-state index is 14.7. The van der Waals surface area contributed by atoms with Gasteiger partial charge in [-0.25, -0.2) is 14.2 Å². The van der Waals surface area contributed by atoms with E-state index >= 15 is 0 Å². The van der Waals surface area contributed by atoms with E-state index in [0.29, 0.717) is 41.8 Å². The molecule has 16 atom stereocenters. The van der Waals surface area contributed by atoms with Crippen molar-refractivity contribution in [3.05, 3.63) is 77.9 Å². The highest BCUT2D eigenvalue weighted by atomic mass is 31.2. The average Bonchev–Trinajstić information content (AvgIpc) is 1.37. The number of anilines is 1. The van der Waals surface area contributed by atoms with Gasteiger partial charge in [-0.1, -0.05) is 111 Å². The number of nitrogens with zero attached hydrogens (tertiary/aromatic N) is 4. The number of cyclic esters (lactones) is 1. The number of urea groups is 1. The lowest BCUT2D eigenvalue weighted by Crippen LogP contribution is -2.59. The van der Waals surface area contributed by atoms with Crippen LogP contribution in [0.3, 0.4) is 0 Å². The fraction of sp³-hybridized carbons (Fsp3) is 0.670. The van der Waals surface area contributed by atoms with Gasteiger partial charge in [0.1, 0.15) is 42.4 Å². The van der Waals surface area contributed by atoms with Gasteiger partial charge in [0.05, 0.1) is 121 Å². The van der Waals surface area contributed by atoms with Gasteiger partial charge in [-0.2, -0.15) is 0 Å². The molecule has 15 N–H and O–H groups in total. The van der Waals surface area contributed by atoms with Crippen molar-refractivity contribution in [3.63, 3.8) is 0 Å². The zero-order valence-electron chi connectivity index (χ0n) is 79.3. The number of carbonyl (C=O) groups excluding carboxylic acids is 15. The number of likely N-dealkylation sites (N-methyl/N-ethyl adjacent to an activating group) is 2. The van der Waals surface area contributed by atoms with E-state index < -0.39 is 203 Å². The standard InChI is InChI=1S/C88H141N15O29P2/c1-16-56(8)77(101(13)86(116)75(54(4)5)99-85(115)76(55(6)7)100(11)12)67(124-14)50-73(109)102-39-21-25-65(102)78(125-15)57(9)80(110)93-58(10)79(60-22-18-17-19-23-60)132-134(122,123)131-52-59-26-28-61(29-27-59)94-81(111)62(24-20-37-91-88(89)118)97-84(114)74(53(2)3)98-82(112)63(30-31-69(105)96-64-34-41-130-87(64)117)95-70(106)35-40-126-43-45-128-47-48-129-46-44-127-42-38-90-83(113)66(103-71(107)32-33-72(103)108)51-92-68(104)36-49-133(119,120)121/h17-19,22-23,26-29,32-33,53-58,62-67,74-79H,16,20-21,24-25,30-31,34-52H2,1-15H3,(H,90,113)(H,92,104)(H,93,110)(H,94,111)(H,95,106)(H,96,105)(H,97,114)(H,98,112)(H,99,115)(H,122,123)(H3,89,91,118)(H2,119,120,121)/t56-,57+,58+,62-,63-,64-,65-,66-,67+,74-,75-,76-,77-,78+,79+/m0/s1. The number of rotatable bonds is 63. The van der Waals surface area contributed by atoms with E-state index in [-0.39, 0.29) is 159 Å². The number of likely N-dealkylation sites (tertiary alicyclic amines) is 1. The number of imide groups is 1. The molecule has 0 spiro atoms. The van der Waals surface area contributed by atoms with E-state index in [1.54, 1.807) is 74.9 Å². The quantitative estimate of drug-likeness (QED) is 0.0193. The first-order valence-corrected chi connectivity index (χ1v) is 48.5. The van der Waals surface area contributed by atoms with Gasteiger partial charge in [-0.15, -0.1) is 0 Å². The highest BCUT2D eigenvalue weighted by Gasteiger charge is 2.46. The summed E-state index contributed by atoms with van der Waals surface area (Å²) < 4.78 is 75.9. The summed E-state index contributed by atoms with van der Waals surface area (Å²) in [7, 11) is -1.25. The van der Waals surface area contributed by atoms with Gasteiger partial charge in [-0.3, -0.25) is 85.7 Å². The third-order valence-electron chi connectivity index (χ3n) is 22.9. The molecule has 134 heavy (non-hydrogen) atoms.